The van der Waals surface area contributed by atoms with Crippen LogP contribution in [0.1, 0.15) is 30.0 Å². The van der Waals surface area contributed by atoms with E-state index in [1.807, 2.05) is 98.8 Å². The highest BCUT2D eigenvalue weighted by Crippen LogP contribution is 2.29. The Balaban J connectivity index is 1.77. The van der Waals surface area contributed by atoms with Crippen molar-refractivity contribution >= 4 is 38.3 Å². The van der Waals surface area contributed by atoms with Crippen LogP contribution in [0.3, 0.4) is 0 Å². The fraction of sp³-hybridized carbons (Fsp3) is 0.273. The first-order valence-corrected chi connectivity index (χ1v) is 15.6. The van der Waals surface area contributed by atoms with Crippen LogP contribution in [0.4, 0.5) is 5.69 Å². The first-order chi connectivity index (χ1) is 19.7. The first-order valence-electron chi connectivity index (χ1n) is 13.8. The minimum atomic E-state index is -3.85. The van der Waals surface area contributed by atoms with Crippen molar-refractivity contribution in [2.24, 2.45) is 0 Å². The van der Waals surface area contributed by atoms with Gasteiger partial charge in [-0.3, -0.25) is 13.9 Å². The van der Waals surface area contributed by atoms with Gasteiger partial charge in [-0.15, -0.1) is 0 Å². The maximum Gasteiger partial charge on any atom is 0.244 e. The Morgan fingerprint density at radius 1 is 0.854 bits per heavy atom. The largest absolute Gasteiger partial charge is 0.354 e. The van der Waals surface area contributed by atoms with Gasteiger partial charge >= 0.3 is 0 Å². The van der Waals surface area contributed by atoms with E-state index in [2.05, 4.69) is 5.32 Å². The zero-order valence-corrected chi connectivity index (χ0v) is 24.6. The molecule has 0 saturated carbocycles. The average Bonchev–Trinajstić information content (AvgIpc) is 2.96. The molecule has 0 radical (unpaired) electrons. The van der Waals surface area contributed by atoms with E-state index in [0.717, 1.165) is 44.4 Å². The number of rotatable bonds is 12. The molecule has 2 amide bonds. The Bertz CT molecular complexity index is 1600. The summed E-state index contributed by atoms with van der Waals surface area (Å²) >= 11 is 0. The van der Waals surface area contributed by atoms with E-state index >= 15 is 0 Å². The lowest BCUT2D eigenvalue weighted by molar-refractivity contribution is -0.140. The van der Waals surface area contributed by atoms with Gasteiger partial charge in [0.05, 0.1) is 11.9 Å². The van der Waals surface area contributed by atoms with Gasteiger partial charge in [0.25, 0.3) is 0 Å². The monoisotopic (exact) mass is 571 g/mol. The van der Waals surface area contributed by atoms with Crippen LogP contribution in [-0.4, -0.2) is 50.5 Å². The number of hydrogen-bond acceptors (Lipinski definition) is 4. The maximum absolute atomic E-state index is 14.2. The quantitative estimate of drug-likeness (QED) is 0.257. The third-order valence-corrected chi connectivity index (χ3v) is 8.10. The Morgan fingerprint density at radius 3 is 2.22 bits per heavy atom. The average molecular weight is 572 g/mol. The number of hydrogen-bond donors (Lipinski definition) is 1. The van der Waals surface area contributed by atoms with Gasteiger partial charge in [-0.2, -0.15) is 0 Å². The highest BCUT2D eigenvalue weighted by Gasteiger charge is 2.33. The molecule has 41 heavy (non-hydrogen) atoms. The maximum atomic E-state index is 14.2. The smallest absolute Gasteiger partial charge is 0.244 e. The molecule has 4 aromatic rings. The molecule has 0 aliphatic heterocycles. The van der Waals surface area contributed by atoms with Crippen molar-refractivity contribution in [3.8, 4) is 0 Å². The second-order valence-electron chi connectivity index (χ2n) is 10.3. The van der Waals surface area contributed by atoms with E-state index in [0.29, 0.717) is 18.7 Å². The highest BCUT2D eigenvalue weighted by atomic mass is 32.2. The molecule has 0 fully saturated rings. The van der Waals surface area contributed by atoms with Gasteiger partial charge in [-0.1, -0.05) is 103 Å². The fourth-order valence-corrected chi connectivity index (χ4v) is 5.81. The van der Waals surface area contributed by atoms with Crippen molar-refractivity contribution in [2.45, 2.75) is 39.3 Å². The molecule has 0 aliphatic rings. The van der Waals surface area contributed by atoms with Crippen LogP contribution < -0.4 is 9.62 Å². The van der Waals surface area contributed by atoms with E-state index in [1.54, 1.807) is 12.1 Å². The molecule has 8 heteroatoms. The molecule has 7 nitrogen and oxygen atoms in total. The van der Waals surface area contributed by atoms with Crippen molar-refractivity contribution in [1.29, 1.82) is 0 Å². The van der Waals surface area contributed by atoms with Crippen LogP contribution in [0.25, 0.3) is 10.8 Å². The standard InChI is InChI=1S/C33H37N3O4S/c1-4-20-34-33(38)31(22-26-13-6-5-7-14-26)35(23-27-15-10-12-25(2)21-27)32(37)24-36(41(3,39)40)30-19-11-17-28-16-8-9-18-29(28)30/h5-19,21,31H,4,20,22-24H2,1-3H3,(H,34,38)/t31-/m0/s1. The molecule has 0 heterocycles. The van der Waals surface area contributed by atoms with Gasteiger partial charge in [0.15, 0.2) is 0 Å². The van der Waals surface area contributed by atoms with Gasteiger partial charge < -0.3 is 10.2 Å². The van der Waals surface area contributed by atoms with E-state index in [4.69, 9.17) is 0 Å². The summed E-state index contributed by atoms with van der Waals surface area (Å²) in [6.45, 7) is 4.13. The van der Waals surface area contributed by atoms with Crippen molar-refractivity contribution in [1.82, 2.24) is 10.2 Å². The van der Waals surface area contributed by atoms with Gasteiger partial charge in [-0.25, -0.2) is 8.42 Å². The Kier molecular flexibility index (Phi) is 9.78. The number of aryl methyl sites for hydroxylation is 1. The van der Waals surface area contributed by atoms with Crippen LogP contribution >= 0.6 is 0 Å². The Labute approximate surface area is 242 Å². The number of anilines is 1. The number of carbonyl (C=O) groups is 2. The second-order valence-corrected chi connectivity index (χ2v) is 12.2. The molecule has 4 rings (SSSR count). The molecular weight excluding hydrogens is 534 g/mol. The number of fused-ring (bicyclic) bond motifs is 1. The molecule has 0 spiro atoms. The molecule has 0 saturated heterocycles. The molecule has 1 atom stereocenters. The molecule has 4 aromatic carbocycles. The molecule has 0 aromatic heterocycles. The number of carbonyl (C=O) groups excluding carboxylic acids is 2. The van der Waals surface area contributed by atoms with E-state index in [-0.39, 0.29) is 12.5 Å². The van der Waals surface area contributed by atoms with Crippen molar-refractivity contribution in [3.63, 3.8) is 0 Å². The third-order valence-electron chi connectivity index (χ3n) is 6.97. The van der Waals surface area contributed by atoms with Crippen LogP contribution in [0.5, 0.6) is 0 Å². The molecule has 0 bridgehead atoms. The number of nitrogens with zero attached hydrogens (tertiary/aromatic N) is 2. The molecular formula is C33H37N3O4S. The summed E-state index contributed by atoms with van der Waals surface area (Å²) in [6.07, 6.45) is 2.14. The van der Waals surface area contributed by atoms with Crippen LogP contribution in [0.2, 0.25) is 0 Å². The van der Waals surface area contributed by atoms with Crippen LogP contribution in [-0.2, 0) is 32.6 Å². The lowest BCUT2D eigenvalue weighted by Gasteiger charge is -2.33. The number of sulfonamides is 1. The lowest BCUT2D eigenvalue weighted by Crippen LogP contribution is -2.53. The number of benzene rings is 4. The van der Waals surface area contributed by atoms with E-state index in [1.165, 1.54) is 4.90 Å². The normalized spacial score (nSPS) is 12.1. The highest BCUT2D eigenvalue weighted by molar-refractivity contribution is 7.92. The topological polar surface area (TPSA) is 86.8 Å². The Morgan fingerprint density at radius 2 is 1.51 bits per heavy atom. The molecule has 1 N–H and O–H groups in total. The SMILES string of the molecule is CCCNC(=O)[C@H](Cc1ccccc1)N(Cc1cccc(C)c1)C(=O)CN(c1cccc2ccccc12)S(C)(=O)=O. The Hall–Kier alpha value is -4.17. The van der Waals surface area contributed by atoms with Crippen molar-refractivity contribution in [3.05, 3.63) is 114 Å². The van der Waals surface area contributed by atoms with Crippen molar-refractivity contribution < 1.29 is 18.0 Å². The molecule has 0 aliphatic carbocycles. The molecule has 0 unspecified atom stereocenters. The summed E-state index contributed by atoms with van der Waals surface area (Å²) in [4.78, 5) is 29.4. The van der Waals surface area contributed by atoms with Gasteiger partial charge in [-0.05, 0) is 35.9 Å². The first kappa shape index (κ1) is 29.8. The van der Waals surface area contributed by atoms with Crippen molar-refractivity contribution in [2.75, 3.05) is 23.7 Å². The predicted octanol–water partition coefficient (Wildman–Crippen LogP) is 5.08. The summed E-state index contributed by atoms with van der Waals surface area (Å²) < 4.78 is 27.4. The van der Waals surface area contributed by atoms with Gasteiger partial charge in [0.2, 0.25) is 21.8 Å². The van der Waals surface area contributed by atoms with Gasteiger partial charge in [0, 0.05) is 24.9 Å². The van der Waals surface area contributed by atoms with E-state index < -0.39 is 28.5 Å². The lowest BCUT2D eigenvalue weighted by atomic mass is 10.0. The summed E-state index contributed by atoms with van der Waals surface area (Å²) in [5.74, 6) is -0.731. The summed E-state index contributed by atoms with van der Waals surface area (Å²) in [6, 6.07) is 29.3. The number of amides is 2. The predicted molar refractivity (Wildman–Crippen MR) is 165 cm³/mol. The van der Waals surface area contributed by atoms with Crippen LogP contribution in [0, 0.1) is 6.92 Å². The summed E-state index contributed by atoms with van der Waals surface area (Å²) in [5.41, 5.74) is 3.21. The van der Waals surface area contributed by atoms with Crippen LogP contribution in [0.15, 0.2) is 97.1 Å². The molecule has 214 valence electrons. The fourth-order valence-electron chi connectivity index (χ4n) is 4.95. The second kappa shape index (κ2) is 13.5. The zero-order chi connectivity index (χ0) is 29.4. The van der Waals surface area contributed by atoms with Gasteiger partial charge in [0.1, 0.15) is 12.6 Å². The van der Waals surface area contributed by atoms with E-state index in [9.17, 15) is 18.0 Å². The minimum absolute atomic E-state index is 0.157. The number of nitrogens with one attached hydrogen (secondary N) is 1. The minimum Gasteiger partial charge on any atom is -0.354 e. The third kappa shape index (κ3) is 7.73. The zero-order valence-electron chi connectivity index (χ0n) is 23.8. The summed E-state index contributed by atoms with van der Waals surface area (Å²) in [5, 5.41) is 4.55. The summed E-state index contributed by atoms with van der Waals surface area (Å²) in [7, 11) is -3.85.